The van der Waals surface area contributed by atoms with Crippen molar-refractivity contribution in [2.24, 2.45) is 22.7 Å². The number of rotatable bonds is 13. The van der Waals surface area contributed by atoms with Crippen molar-refractivity contribution in [2.45, 2.75) is 113 Å². The number of aromatic nitrogens is 3. The standard InChI is InChI=1S/C40H55N5O4/c1-10-15-27(4)35(46)38(5,6)20-21-49-39(7,8)25-41-37(48)40(9)22-29(23-40)36(47)44-24-28-16-11-12-17-30(28)33-34(45(26(2)3)43-42-33)31-18-13-14-19-32(31)44/h11-14,16-19,26-27,29H,10,15,20-25H2,1-9H3,(H,41,48). The third-order valence-corrected chi connectivity index (χ3v) is 10.5. The van der Waals surface area contributed by atoms with Crippen molar-refractivity contribution in [1.82, 2.24) is 20.3 Å². The molecule has 1 aliphatic heterocycles. The maximum atomic E-state index is 14.4. The highest BCUT2D eigenvalue weighted by Gasteiger charge is 2.50. The number of ketones is 1. The number of carbonyl (C=O) groups is 3. The molecule has 264 valence electrons. The second-order valence-electron chi connectivity index (χ2n) is 16.1. The fourth-order valence-corrected chi connectivity index (χ4v) is 7.44. The van der Waals surface area contributed by atoms with E-state index in [1.54, 1.807) is 0 Å². The van der Waals surface area contributed by atoms with Crippen LogP contribution in [0.3, 0.4) is 0 Å². The maximum absolute atomic E-state index is 14.4. The van der Waals surface area contributed by atoms with Gasteiger partial charge in [0.1, 0.15) is 11.5 Å². The summed E-state index contributed by atoms with van der Waals surface area (Å²) in [6, 6.07) is 16.2. The average molecular weight is 670 g/mol. The van der Waals surface area contributed by atoms with Crippen LogP contribution in [0.1, 0.15) is 106 Å². The van der Waals surface area contributed by atoms with Gasteiger partial charge < -0.3 is 15.0 Å². The molecule has 1 aliphatic carbocycles. The van der Waals surface area contributed by atoms with Gasteiger partial charge in [-0.3, -0.25) is 14.4 Å². The van der Waals surface area contributed by atoms with Crippen molar-refractivity contribution in [2.75, 3.05) is 18.1 Å². The molecule has 1 atom stereocenters. The predicted octanol–water partition coefficient (Wildman–Crippen LogP) is 7.79. The molecule has 3 aromatic rings. The van der Waals surface area contributed by atoms with Crippen LogP contribution < -0.4 is 10.2 Å². The van der Waals surface area contributed by atoms with Gasteiger partial charge in [0.05, 0.1) is 23.5 Å². The number of nitrogens with one attached hydrogen (secondary N) is 1. The Labute approximate surface area is 292 Å². The molecule has 1 N–H and O–H groups in total. The lowest BCUT2D eigenvalue weighted by Crippen LogP contribution is -2.54. The second kappa shape index (κ2) is 14.2. The number of fused-ring (bicyclic) bond motifs is 5. The lowest BCUT2D eigenvalue weighted by atomic mass is 9.62. The lowest BCUT2D eigenvalue weighted by Gasteiger charge is -2.45. The van der Waals surface area contributed by atoms with Gasteiger partial charge in [-0.05, 0) is 65.0 Å². The summed E-state index contributed by atoms with van der Waals surface area (Å²) in [6.45, 7) is 19.3. The van der Waals surface area contributed by atoms with Crippen LogP contribution in [-0.2, 0) is 25.7 Å². The zero-order chi connectivity index (χ0) is 35.7. The normalized spacial score (nSPS) is 19.6. The minimum absolute atomic E-state index is 0.0219. The van der Waals surface area contributed by atoms with Gasteiger partial charge in [-0.2, -0.15) is 0 Å². The molecule has 1 fully saturated rings. The van der Waals surface area contributed by atoms with Crippen LogP contribution in [0.4, 0.5) is 5.69 Å². The van der Waals surface area contributed by atoms with Crippen LogP contribution >= 0.6 is 0 Å². The molecule has 1 saturated carbocycles. The van der Waals surface area contributed by atoms with Crippen LogP contribution in [-0.4, -0.2) is 51.3 Å². The summed E-state index contributed by atoms with van der Waals surface area (Å²) in [6.07, 6.45) is 3.46. The smallest absolute Gasteiger partial charge is 0.230 e. The van der Waals surface area contributed by atoms with Crippen molar-refractivity contribution >= 4 is 23.3 Å². The molecule has 1 aromatic heterocycles. The third kappa shape index (κ3) is 7.52. The van der Waals surface area contributed by atoms with E-state index < -0.39 is 16.4 Å². The van der Waals surface area contributed by atoms with Crippen LogP contribution in [0.5, 0.6) is 0 Å². The summed E-state index contributed by atoms with van der Waals surface area (Å²) in [5, 5.41) is 12.2. The second-order valence-corrected chi connectivity index (χ2v) is 16.1. The first-order chi connectivity index (χ1) is 23.1. The van der Waals surface area contributed by atoms with E-state index >= 15 is 0 Å². The Bertz CT molecular complexity index is 1680. The van der Waals surface area contributed by atoms with Crippen LogP contribution in [0.15, 0.2) is 48.5 Å². The van der Waals surface area contributed by atoms with Crippen LogP contribution in [0.2, 0.25) is 0 Å². The van der Waals surface area contributed by atoms with Crippen molar-refractivity contribution in [3.63, 3.8) is 0 Å². The summed E-state index contributed by atoms with van der Waals surface area (Å²) in [7, 11) is 0. The van der Waals surface area contributed by atoms with Crippen molar-refractivity contribution in [3.8, 4) is 22.5 Å². The molecule has 0 radical (unpaired) electrons. The van der Waals surface area contributed by atoms with E-state index in [9.17, 15) is 14.4 Å². The fourth-order valence-electron chi connectivity index (χ4n) is 7.44. The monoisotopic (exact) mass is 669 g/mol. The molecule has 49 heavy (non-hydrogen) atoms. The number of benzene rings is 2. The molecule has 2 aliphatic rings. The molecule has 0 bridgehead atoms. The molecule has 2 amide bonds. The molecule has 2 aromatic carbocycles. The zero-order valence-corrected chi connectivity index (χ0v) is 30.9. The Morgan fingerprint density at radius 3 is 2.33 bits per heavy atom. The number of Topliss-reactive ketones (excluding diaryl/α,β-unsaturated/α-hetero) is 1. The van der Waals surface area contributed by atoms with Crippen molar-refractivity contribution < 1.29 is 19.1 Å². The summed E-state index contributed by atoms with van der Waals surface area (Å²) < 4.78 is 8.13. The largest absolute Gasteiger partial charge is 0.374 e. The Morgan fingerprint density at radius 1 is 1.00 bits per heavy atom. The van der Waals surface area contributed by atoms with Gasteiger partial charge in [-0.1, -0.05) is 88.7 Å². The number of amides is 2. The molecule has 9 heteroatoms. The van der Waals surface area contributed by atoms with E-state index in [0.29, 0.717) is 39.0 Å². The number of hydrogen-bond donors (Lipinski definition) is 1. The molecule has 9 nitrogen and oxygen atoms in total. The van der Waals surface area contributed by atoms with E-state index in [4.69, 9.17) is 4.74 Å². The summed E-state index contributed by atoms with van der Waals surface area (Å²) in [5.74, 6) is 0.00148. The Kier molecular flexibility index (Phi) is 10.5. The molecular formula is C40H55N5O4. The minimum Gasteiger partial charge on any atom is -0.374 e. The molecule has 1 unspecified atom stereocenters. The zero-order valence-electron chi connectivity index (χ0n) is 30.9. The number of ether oxygens (including phenoxy) is 1. The summed E-state index contributed by atoms with van der Waals surface area (Å²) in [4.78, 5) is 42.7. The van der Waals surface area contributed by atoms with Gasteiger partial charge in [-0.25, -0.2) is 4.68 Å². The molecule has 5 rings (SSSR count). The first-order valence-corrected chi connectivity index (χ1v) is 18.0. The molecule has 0 saturated heterocycles. The van der Waals surface area contributed by atoms with Gasteiger partial charge >= 0.3 is 0 Å². The highest BCUT2D eigenvalue weighted by Crippen LogP contribution is 2.49. The maximum Gasteiger partial charge on any atom is 0.230 e. The van der Waals surface area contributed by atoms with E-state index in [0.717, 1.165) is 46.6 Å². The Hall–Kier alpha value is -3.85. The number of para-hydroxylation sites is 1. The van der Waals surface area contributed by atoms with Gasteiger partial charge in [-0.15, -0.1) is 5.10 Å². The minimum atomic E-state index is -0.645. The quantitative estimate of drug-likeness (QED) is 0.199. The van der Waals surface area contributed by atoms with Gasteiger partial charge in [0.2, 0.25) is 11.8 Å². The van der Waals surface area contributed by atoms with Crippen molar-refractivity contribution in [1.29, 1.82) is 0 Å². The van der Waals surface area contributed by atoms with Gasteiger partial charge in [0, 0.05) is 53.0 Å². The van der Waals surface area contributed by atoms with Crippen LogP contribution in [0.25, 0.3) is 22.5 Å². The van der Waals surface area contributed by atoms with E-state index in [-0.39, 0.29) is 35.5 Å². The van der Waals surface area contributed by atoms with E-state index in [1.807, 2.05) is 87.5 Å². The topological polar surface area (TPSA) is 106 Å². The van der Waals surface area contributed by atoms with E-state index in [1.165, 1.54) is 0 Å². The number of anilines is 1. The van der Waals surface area contributed by atoms with E-state index in [2.05, 4.69) is 48.5 Å². The number of hydrogen-bond acceptors (Lipinski definition) is 6. The molecular weight excluding hydrogens is 614 g/mol. The van der Waals surface area contributed by atoms with Gasteiger partial charge in [0.15, 0.2) is 0 Å². The number of carbonyl (C=O) groups excluding carboxylic acids is 3. The fraction of sp³-hybridized carbons (Fsp3) is 0.575. The summed E-state index contributed by atoms with van der Waals surface area (Å²) >= 11 is 0. The highest BCUT2D eigenvalue weighted by molar-refractivity contribution is 6.02. The summed E-state index contributed by atoms with van der Waals surface area (Å²) in [5.41, 5.74) is 3.75. The Morgan fingerprint density at radius 2 is 1.65 bits per heavy atom. The number of nitrogens with zero attached hydrogens (tertiary/aromatic N) is 4. The average Bonchev–Trinajstić information content (AvgIpc) is 3.48. The van der Waals surface area contributed by atoms with Crippen molar-refractivity contribution in [3.05, 3.63) is 54.1 Å². The lowest BCUT2D eigenvalue weighted by molar-refractivity contribution is -0.144. The third-order valence-electron chi connectivity index (χ3n) is 10.5. The Balaban J connectivity index is 1.24. The first-order valence-electron chi connectivity index (χ1n) is 18.0. The predicted molar refractivity (Wildman–Crippen MR) is 194 cm³/mol. The van der Waals surface area contributed by atoms with Gasteiger partial charge in [0.25, 0.3) is 0 Å². The molecule has 2 heterocycles. The SMILES string of the molecule is CCCC(C)C(=O)C(C)(C)CCOC(C)(C)CNC(=O)C1(C)CC(C(=O)N2Cc3ccccc3-c3nnn(C(C)C)c3-c3ccccc32)C1. The molecule has 0 spiro atoms. The van der Waals surface area contributed by atoms with Crippen LogP contribution in [0, 0.1) is 22.7 Å². The highest BCUT2D eigenvalue weighted by atomic mass is 16.5. The first kappa shape index (κ1) is 36.4.